The van der Waals surface area contributed by atoms with E-state index in [0.717, 1.165) is 12.3 Å². The molecule has 41 heavy (non-hydrogen) atoms. The Labute approximate surface area is 247 Å². The first kappa shape index (κ1) is 29.2. The summed E-state index contributed by atoms with van der Waals surface area (Å²) in [6.45, 7) is 0.323. The molecule has 14 heteroatoms. The van der Waals surface area contributed by atoms with Crippen molar-refractivity contribution in [3.8, 4) is 0 Å². The number of carbonyl (C=O) groups excluding carboxylic acids is 1. The fourth-order valence-electron chi connectivity index (χ4n) is 4.79. The maximum Gasteiger partial charge on any atom is 0.393 e. The van der Waals surface area contributed by atoms with Gasteiger partial charge >= 0.3 is 6.18 Å². The summed E-state index contributed by atoms with van der Waals surface area (Å²) >= 11 is 19.6. The number of nitrogens with zero attached hydrogens (tertiary/aromatic N) is 4. The lowest BCUT2D eigenvalue weighted by atomic mass is 9.97. The zero-order valence-corrected chi connectivity index (χ0v) is 23.8. The van der Waals surface area contributed by atoms with Gasteiger partial charge in [-0.1, -0.05) is 40.9 Å². The standard InChI is InChI=1S/C27H23Cl3F4N6O/c1-39-22-9-21(40-6-2-3-16(13-40)27(32,33)34)19(29)8-20(22)37-26(39)38-24-18(28)5-4-14(23(24)30)11-36-25(41)15-7-17(31)12-35-10-15/h4-5,7-10,12,16H,2-3,6,11,13H2,1H3,(H,36,41)(H,37,38). The highest BCUT2D eigenvalue weighted by Crippen LogP contribution is 2.40. The fourth-order valence-corrected chi connectivity index (χ4v) is 5.60. The first-order chi connectivity index (χ1) is 19.4. The maximum atomic E-state index is 13.4. The number of fused-ring (bicyclic) bond motifs is 1. The minimum Gasteiger partial charge on any atom is -0.370 e. The minimum atomic E-state index is -4.27. The summed E-state index contributed by atoms with van der Waals surface area (Å²) in [5.74, 6) is -2.23. The number of aryl methyl sites for hydroxylation is 1. The Morgan fingerprint density at radius 3 is 2.63 bits per heavy atom. The Bertz CT molecular complexity index is 1630. The van der Waals surface area contributed by atoms with Crippen LogP contribution in [0.25, 0.3) is 11.0 Å². The van der Waals surface area contributed by atoms with E-state index in [-0.39, 0.29) is 35.1 Å². The molecule has 0 radical (unpaired) electrons. The molecule has 0 aliphatic carbocycles. The van der Waals surface area contributed by atoms with Crippen LogP contribution >= 0.6 is 34.8 Å². The molecule has 0 bridgehead atoms. The number of nitrogens with one attached hydrogen (secondary N) is 2. The van der Waals surface area contributed by atoms with Crippen LogP contribution in [0, 0.1) is 11.7 Å². The van der Waals surface area contributed by atoms with Gasteiger partial charge in [-0.25, -0.2) is 9.37 Å². The van der Waals surface area contributed by atoms with Gasteiger partial charge in [-0.05, 0) is 42.7 Å². The largest absolute Gasteiger partial charge is 0.393 e. The number of anilines is 3. The number of hydrogen-bond donors (Lipinski definition) is 2. The van der Waals surface area contributed by atoms with Gasteiger partial charge < -0.3 is 20.1 Å². The molecule has 7 nitrogen and oxygen atoms in total. The second-order valence-electron chi connectivity index (χ2n) is 9.71. The van der Waals surface area contributed by atoms with E-state index in [4.69, 9.17) is 34.8 Å². The Morgan fingerprint density at radius 2 is 1.90 bits per heavy atom. The van der Waals surface area contributed by atoms with Gasteiger partial charge in [0.2, 0.25) is 5.95 Å². The van der Waals surface area contributed by atoms with E-state index in [1.165, 1.54) is 6.20 Å². The second kappa shape index (κ2) is 11.5. The molecule has 3 heterocycles. The van der Waals surface area contributed by atoms with Crippen LogP contribution in [0.5, 0.6) is 0 Å². The van der Waals surface area contributed by atoms with Gasteiger partial charge in [-0.15, -0.1) is 0 Å². The molecule has 1 aliphatic heterocycles. The fraction of sp³-hybridized carbons (Fsp3) is 0.296. The SMILES string of the molecule is Cn1c(Nc2c(Cl)ccc(CNC(=O)c3cncc(F)c3)c2Cl)nc2cc(Cl)c(N3CCCC(C(F)(F)F)C3)cc21. The predicted octanol–water partition coefficient (Wildman–Crippen LogP) is 7.52. The monoisotopic (exact) mass is 628 g/mol. The van der Waals surface area contributed by atoms with Crippen molar-refractivity contribution in [3.63, 3.8) is 0 Å². The number of carbonyl (C=O) groups is 1. The number of halogens is 7. The van der Waals surface area contributed by atoms with Gasteiger partial charge in [0.15, 0.2) is 0 Å². The van der Waals surface area contributed by atoms with Gasteiger partial charge in [0.05, 0.1) is 55.2 Å². The summed E-state index contributed by atoms with van der Waals surface area (Å²) in [5.41, 5.74) is 2.59. The number of amides is 1. The van der Waals surface area contributed by atoms with E-state index in [2.05, 4.69) is 20.6 Å². The zero-order valence-electron chi connectivity index (χ0n) is 21.5. The molecular weight excluding hydrogens is 607 g/mol. The van der Waals surface area contributed by atoms with Gasteiger partial charge in [0, 0.05) is 32.9 Å². The second-order valence-corrected chi connectivity index (χ2v) is 10.9. The van der Waals surface area contributed by atoms with E-state index in [1.54, 1.807) is 40.8 Å². The van der Waals surface area contributed by atoms with Crippen molar-refractivity contribution in [3.05, 3.63) is 74.7 Å². The van der Waals surface area contributed by atoms with Crippen molar-refractivity contribution in [2.75, 3.05) is 23.3 Å². The number of alkyl halides is 3. The van der Waals surface area contributed by atoms with E-state index >= 15 is 0 Å². The third kappa shape index (κ3) is 6.17. The Morgan fingerprint density at radius 1 is 1.12 bits per heavy atom. The lowest BCUT2D eigenvalue weighted by molar-refractivity contribution is -0.175. The third-order valence-corrected chi connectivity index (χ3v) is 8.04. The zero-order chi connectivity index (χ0) is 29.5. The van der Waals surface area contributed by atoms with Crippen molar-refractivity contribution in [2.24, 2.45) is 13.0 Å². The first-order valence-corrected chi connectivity index (χ1v) is 13.7. The van der Waals surface area contributed by atoms with E-state index in [0.29, 0.717) is 51.9 Å². The number of rotatable bonds is 6. The summed E-state index contributed by atoms with van der Waals surface area (Å²) in [4.78, 5) is 22.3. The van der Waals surface area contributed by atoms with Crippen LogP contribution in [0.4, 0.5) is 34.9 Å². The van der Waals surface area contributed by atoms with Crippen LogP contribution in [0.3, 0.4) is 0 Å². The van der Waals surface area contributed by atoms with Crippen LogP contribution in [0.1, 0.15) is 28.8 Å². The Hall–Kier alpha value is -3.28. The van der Waals surface area contributed by atoms with Gasteiger partial charge in [0.25, 0.3) is 5.91 Å². The molecule has 1 amide bonds. The van der Waals surface area contributed by atoms with Crippen molar-refractivity contribution < 1.29 is 22.4 Å². The topological polar surface area (TPSA) is 75.1 Å². The third-order valence-electron chi connectivity index (χ3n) is 6.99. The number of hydrogen-bond acceptors (Lipinski definition) is 5. The van der Waals surface area contributed by atoms with Crippen molar-refractivity contribution in [1.82, 2.24) is 19.9 Å². The first-order valence-electron chi connectivity index (χ1n) is 12.5. The molecule has 5 rings (SSSR count). The molecule has 1 aliphatic rings. The highest BCUT2D eigenvalue weighted by Gasteiger charge is 2.42. The lowest BCUT2D eigenvalue weighted by Crippen LogP contribution is -2.41. The number of aromatic nitrogens is 3. The highest BCUT2D eigenvalue weighted by molar-refractivity contribution is 6.39. The van der Waals surface area contributed by atoms with Gasteiger partial charge in [-0.3, -0.25) is 9.78 Å². The van der Waals surface area contributed by atoms with E-state index in [9.17, 15) is 22.4 Å². The highest BCUT2D eigenvalue weighted by atomic mass is 35.5. The summed E-state index contributed by atoms with van der Waals surface area (Å²) in [5, 5.41) is 6.61. The van der Waals surface area contributed by atoms with Crippen LogP contribution in [-0.2, 0) is 13.6 Å². The van der Waals surface area contributed by atoms with Crippen molar-refractivity contribution in [2.45, 2.75) is 25.6 Å². The molecular formula is C27H23Cl3F4N6O. The summed E-state index contributed by atoms with van der Waals surface area (Å²) < 4.78 is 55.3. The number of pyridine rings is 1. The van der Waals surface area contributed by atoms with Crippen molar-refractivity contribution in [1.29, 1.82) is 0 Å². The molecule has 2 aromatic carbocycles. The van der Waals surface area contributed by atoms with Crippen molar-refractivity contribution >= 4 is 69.1 Å². The van der Waals surface area contributed by atoms with Gasteiger partial charge in [-0.2, -0.15) is 13.2 Å². The minimum absolute atomic E-state index is 0.0241. The number of piperidine rings is 1. The summed E-state index contributed by atoms with van der Waals surface area (Å²) in [6, 6.07) is 7.66. The molecule has 1 atom stereocenters. The Balaban J connectivity index is 1.39. The molecule has 2 aromatic heterocycles. The molecule has 1 fully saturated rings. The maximum absolute atomic E-state index is 13.4. The van der Waals surface area contributed by atoms with Gasteiger partial charge in [0.1, 0.15) is 5.82 Å². The van der Waals surface area contributed by atoms with Crippen LogP contribution in [0.2, 0.25) is 15.1 Å². The molecule has 0 saturated carbocycles. The summed E-state index contributed by atoms with van der Waals surface area (Å²) in [6.07, 6.45) is -1.53. The average molecular weight is 630 g/mol. The van der Waals surface area contributed by atoms with E-state index < -0.39 is 23.8 Å². The smallest absolute Gasteiger partial charge is 0.370 e. The average Bonchev–Trinajstić information content (AvgIpc) is 3.23. The van der Waals surface area contributed by atoms with Crippen LogP contribution in [-0.4, -0.2) is 39.7 Å². The lowest BCUT2D eigenvalue weighted by Gasteiger charge is -2.35. The van der Waals surface area contributed by atoms with E-state index in [1.807, 2.05) is 0 Å². The predicted molar refractivity (Wildman–Crippen MR) is 152 cm³/mol. The Kier molecular flexibility index (Phi) is 8.22. The number of imidazole rings is 1. The summed E-state index contributed by atoms with van der Waals surface area (Å²) in [7, 11) is 1.74. The van der Waals surface area contributed by atoms with Crippen LogP contribution < -0.4 is 15.5 Å². The normalized spacial score (nSPS) is 15.8. The number of benzene rings is 2. The molecule has 4 aromatic rings. The molecule has 1 unspecified atom stereocenters. The van der Waals surface area contributed by atoms with Crippen LogP contribution in [0.15, 0.2) is 42.7 Å². The molecule has 216 valence electrons. The molecule has 2 N–H and O–H groups in total. The molecule has 1 saturated heterocycles. The quantitative estimate of drug-likeness (QED) is 0.216. The molecule has 0 spiro atoms.